The minimum Gasteiger partial charge on any atom is -0.489 e. The molecule has 55 heavy (non-hydrogen) atoms. The van der Waals surface area contributed by atoms with Gasteiger partial charge in [0.05, 0.1) is 31.8 Å². The van der Waals surface area contributed by atoms with Crippen molar-refractivity contribution in [2.45, 2.75) is 86.5 Å². The van der Waals surface area contributed by atoms with E-state index in [0.29, 0.717) is 84.0 Å². The van der Waals surface area contributed by atoms with Gasteiger partial charge in [-0.2, -0.15) is 0 Å². The highest BCUT2D eigenvalue weighted by molar-refractivity contribution is 6.59. The van der Waals surface area contributed by atoms with Crippen LogP contribution in [0.1, 0.15) is 103 Å². The molecule has 2 aliphatic carbocycles. The van der Waals surface area contributed by atoms with Gasteiger partial charge < -0.3 is 39.0 Å². The van der Waals surface area contributed by atoms with Crippen LogP contribution in [0.15, 0.2) is 60.7 Å². The number of fused-ring (bicyclic) bond motifs is 10. The summed E-state index contributed by atoms with van der Waals surface area (Å²) in [5, 5.41) is 42.1. The molecule has 4 aromatic rings. The van der Waals surface area contributed by atoms with E-state index in [-0.39, 0.29) is 0 Å². The molecule has 1 spiro atoms. The van der Waals surface area contributed by atoms with Crippen LogP contribution >= 0.6 is 0 Å². The van der Waals surface area contributed by atoms with E-state index in [1.807, 2.05) is 24.3 Å². The zero-order valence-corrected chi connectivity index (χ0v) is 33.8. The molecule has 2 aliphatic rings. The Bertz CT molecular complexity index is 1840. The Kier molecular flexibility index (Phi) is 12.6. The molecule has 4 atom stereocenters. The van der Waals surface area contributed by atoms with Crippen molar-refractivity contribution in [3.63, 3.8) is 0 Å². The Balaban J connectivity index is 1.72. The van der Waals surface area contributed by atoms with E-state index in [1.165, 1.54) is 0 Å². The monoisotopic (exact) mass is 748 g/mol. The molecule has 10 heteroatoms. The first kappa shape index (κ1) is 40.7. The molecule has 0 radical (unpaired) electrons. The number of ether oxygens (including phenoxy) is 4. The first-order valence-corrected chi connectivity index (χ1v) is 20.3. The van der Waals surface area contributed by atoms with Crippen LogP contribution < -0.4 is 29.9 Å². The molecule has 4 unspecified atom stereocenters. The fourth-order valence-corrected chi connectivity index (χ4v) is 7.44. The van der Waals surface area contributed by atoms with Gasteiger partial charge in [0, 0.05) is 0 Å². The smallest absolute Gasteiger partial charge is 0.488 e. The Morgan fingerprint density at radius 3 is 1.02 bits per heavy atom. The van der Waals surface area contributed by atoms with Crippen molar-refractivity contribution in [1.29, 1.82) is 0 Å². The molecule has 4 N–H and O–H groups in total. The maximum Gasteiger partial charge on any atom is 0.488 e. The summed E-state index contributed by atoms with van der Waals surface area (Å²) < 4.78 is 26.5. The highest BCUT2D eigenvalue weighted by atomic mass is 16.5. The summed E-state index contributed by atoms with van der Waals surface area (Å²) in [5.41, 5.74) is 6.88. The Morgan fingerprint density at radius 1 is 0.436 bits per heavy atom. The molecule has 4 aromatic carbocycles. The summed E-state index contributed by atoms with van der Waals surface area (Å²) in [6.45, 7) is 19.4. The van der Waals surface area contributed by atoms with Crippen LogP contribution in [0.2, 0.25) is 0 Å². The largest absolute Gasteiger partial charge is 0.489 e. The van der Waals surface area contributed by atoms with Gasteiger partial charge >= 0.3 is 14.2 Å². The molecule has 0 heterocycles. The molecule has 0 bridgehead atoms. The van der Waals surface area contributed by atoms with E-state index in [9.17, 15) is 20.1 Å². The zero-order valence-electron chi connectivity index (χ0n) is 33.8. The standard InChI is InChI=1S/C45H58B2O8/c1-9-27(5)23-52-41-19-35-36-20-42(53-24-28(6)10-2)44(55-26-30(8)12-4)22-40(36)45(39(35)21-43(41)54-25-29(7)11-3)37-17-31(46(48)49)13-15-33(37)34-16-14-32(47(50)51)18-38(34)45/h13-22,27-30,48-51H,9-12,23-26H2,1-8H3. The molecular formula is C45H58B2O8. The van der Waals surface area contributed by atoms with Gasteiger partial charge in [0.1, 0.15) is 0 Å². The summed E-state index contributed by atoms with van der Waals surface area (Å²) in [6, 6.07) is 19.4. The van der Waals surface area contributed by atoms with Crippen molar-refractivity contribution in [2.75, 3.05) is 26.4 Å². The van der Waals surface area contributed by atoms with Crippen molar-refractivity contribution in [1.82, 2.24) is 0 Å². The molecule has 6 rings (SSSR count). The maximum atomic E-state index is 10.5. The van der Waals surface area contributed by atoms with Crippen LogP contribution in [0.25, 0.3) is 22.3 Å². The third-order valence-corrected chi connectivity index (χ3v) is 11.9. The summed E-state index contributed by atoms with van der Waals surface area (Å²) in [4.78, 5) is 0. The molecule has 0 amide bonds. The Labute approximate surface area is 328 Å². The molecule has 292 valence electrons. The number of hydrogen-bond donors (Lipinski definition) is 4. The lowest BCUT2D eigenvalue weighted by Crippen LogP contribution is -2.34. The number of hydrogen-bond acceptors (Lipinski definition) is 8. The number of benzene rings is 4. The van der Waals surface area contributed by atoms with Gasteiger partial charge in [-0.1, -0.05) is 117 Å². The Morgan fingerprint density at radius 2 is 0.727 bits per heavy atom. The first-order valence-electron chi connectivity index (χ1n) is 20.3. The molecule has 0 aliphatic heterocycles. The third-order valence-electron chi connectivity index (χ3n) is 11.9. The second-order valence-corrected chi connectivity index (χ2v) is 16.1. The summed E-state index contributed by atoms with van der Waals surface area (Å²) in [7, 11) is -3.39. The van der Waals surface area contributed by atoms with Gasteiger partial charge in [-0.3, -0.25) is 0 Å². The van der Waals surface area contributed by atoms with Crippen LogP contribution in [0, 0.1) is 23.7 Å². The van der Waals surface area contributed by atoms with E-state index >= 15 is 0 Å². The second-order valence-electron chi connectivity index (χ2n) is 16.1. The predicted molar refractivity (Wildman–Crippen MR) is 222 cm³/mol. The maximum absolute atomic E-state index is 10.5. The lowest BCUT2D eigenvalue weighted by atomic mass is 9.67. The Hall–Kier alpha value is -3.95. The minimum absolute atomic E-state index is 0.312. The second kappa shape index (κ2) is 17.0. The lowest BCUT2D eigenvalue weighted by Gasteiger charge is -2.32. The molecule has 0 saturated heterocycles. The highest BCUT2D eigenvalue weighted by Gasteiger charge is 2.53. The summed E-state index contributed by atoms with van der Waals surface area (Å²) >= 11 is 0. The van der Waals surface area contributed by atoms with Gasteiger partial charge in [-0.15, -0.1) is 0 Å². The van der Waals surface area contributed by atoms with Gasteiger partial charge in [-0.05, 0) is 103 Å². The van der Waals surface area contributed by atoms with E-state index in [0.717, 1.165) is 70.2 Å². The molecule has 0 fully saturated rings. The van der Waals surface area contributed by atoms with Crippen molar-refractivity contribution in [2.24, 2.45) is 23.7 Å². The van der Waals surface area contributed by atoms with E-state index < -0.39 is 19.7 Å². The average Bonchev–Trinajstić information content (AvgIpc) is 3.64. The zero-order chi connectivity index (χ0) is 39.6. The average molecular weight is 749 g/mol. The minimum atomic E-state index is -1.70. The van der Waals surface area contributed by atoms with Crippen LogP contribution in [0.5, 0.6) is 23.0 Å². The summed E-state index contributed by atoms with van der Waals surface area (Å²) in [6.07, 6.45) is 3.87. The van der Waals surface area contributed by atoms with Crippen LogP contribution in [-0.2, 0) is 5.41 Å². The van der Waals surface area contributed by atoms with Gasteiger partial charge in [0.15, 0.2) is 23.0 Å². The molecule has 0 saturated carbocycles. The van der Waals surface area contributed by atoms with Crippen molar-refractivity contribution >= 4 is 25.2 Å². The van der Waals surface area contributed by atoms with Gasteiger partial charge in [0.25, 0.3) is 0 Å². The topological polar surface area (TPSA) is 118 Å². The lowest BCUT2D eigenvalue weighted by molar-refractivity contribution is 0.217. The number of rotatable bonds is 18. The van der Waals surface area contributed by atoms with Crippen LogP contribution in [-0.4, -0.2) is 60.8 Å². The SMILES string of the molecule is CCC(C)COc1cc2c(cc1OCC(C)CC)C1(c3cc(B(O)O)ccc3-c3ccc(B(O)O)cc31)c1cc(OCC(C)CC)c(OCC(C)CC)cc1-2. The van der Waals surface area contributed by atoms with Crippen LogP contribution in [0.3, 0.4) is 0 Å². The third kappa shape index (κ3) is 7.76. The normalized spacial score (nSPS) is 15.3. The van der Waals surface area contributed by atoms with E-state index in [4.69, 9.17) is 18.9 Å². The van der Waals surface area contributed by atoms with Crippen molar-refractivity contribution < 1.29 is 39.0 Å². The molecular weight excluding hydrogens is 690 g/mol. The fourth-order valence-electron chi connectivity index (χ4n) is 7.44. The molecule has 0 aromatic heterocycles. The van der Waals surface area contributed by atoms with Gasteiger partial charge in [-0.25, -0.2) is 0 Å². The first-order chi connectivity index (χ1) is 26.4. The quantitative estimate of drug-likeness (QED) is 0.0689. The highest BCUT2D eigenvalue weighted by Crippen LogP contribution is 2.65. The van der Waals surface area contributed by atoms with Crippen molar-refractivity contribution in [3.05, 3.63) is 82.9 Å². The predicted octanol–water partition coefficient (Wildman–Crippen LogP) is 7.09. The fraction of sp³-hybridized carbons (Fsp3) is 0.467. The van der Waals surface area contributed by atoms with Crippen LogP contribution in [0.4, 0.5) is 0 Å². The van der Waals surface area contributed by atoms with Crippen molar-refractivity contribution in [3.8, 4) is 45.3 Å². The molecule has 8 nitrogen and oxygen atoms in total. The van der Waals surface area contributed by atoms with E-state index in [1.54, 1.807) is 12.1 Å². The summed E-state index contributed by atoms with van der Waals surface area (Å²) in [5.74, 6) is 3.86. The van der Waals surface area contributed by atoms with E-state index in [2.05, 4.69) is 79.7 Å². The van der Waals surface area contributed by atoms with Gasteiger partial charge in [0.2, 0.25) is 0 Å².